The number of primary amides is 1. The van der Waals surface area contributed by atoms with Gasteiger partial charge in [-0.05, 0) is 37.5 Å². The van der Waals surface area contributed by atoms with Gasteiger partial charge in [0.2, 0.25) is 11.8 Å². The third kappa shape index (κ3) is 2.84. The number of hydrogen-bond donors (Lipinski definition) is 2. The lowest BCUT2D eigenvalue weighted by molar-refractivity contribution is -0.106. The lowest BCUT2D eigenvalue weighted by atomic mass is 9.96. The number of rotatable bonds is 5. The molecule has 1 fully saturated rings. The molecule has 2 aromatic rings. The van der Waals surface area contributed by atoms with Crippen LogP contribution in [0.4, 0.5) is 4.39 Å². The molecule has 1 saturated carbocycles. The molecule has 3 N–H and O–H groups in total. The predicted octanol–water partition coefficient (Wildman–Crippen LogP) is 1.66. The van der Waals surface area contributed by atoms with E-state index in [4.69, 9.17) is 10.5 Å². The maximum absolute atomic E-state index is 14.5. The minimum Gasteiger partial charge on any atom is -0.494 e. The van der Waals surface area contributed by atoms with E-state index in [1.165, 1.54) is 13.2 Å². The maximum atomic E-state index is 14.5. The first kappa shape index (κ1) is 15.6. The summed E-state index contributed by atoms with van der Waals surface area (Å²) in [4.78, 5) is 11.5. The quantitative estimate of drug-likeness (QED) is 0.873. The van der Waals surface area contributed by atoms with Gasteiger partial charge in [-0.3, -0.25) is 4.79 Å². The molecule has 122 valence electrons. The van der Waals surface area contributed by atoms with Crippen LogP contribution in [0.5, 0.6) is 5.75 Å². The fourth-order valence-corrected chi connectivity index (χ4v) is 2.76. The van der Waals surface area contributed by atoms with Crippen LogP contribution < -0.4 is 10.5 Å². The smallest absolute Gasteiger partial charge is 0.248 e. The van der Waals surface area contributed by atoms with E-state index in [1.807, 2.05) is 0 Å². The van der Waals surface area contributed by atoms with Gasteiger partial charge in [0.05, 0.1) is 12.8 Å². The molecule has 1 atom stereocenters. The van der Waals surface area contributed by atoms with Gasteiger partial charge < -0.3 is 15.6 Å². The number of hydrogen-bond acceptors (Lipinski definition) is 5. The molecule has 0 aliphatic heterocycles. The number of benzene rings is 1. The van der Waals surface area contributed by atoms with Crippen molar-refractivity contribution in [2.45, 2.75) is 32.0 Å². The lowest BCUT2D eigenvalue weighted by Crippen LogP contribution is -2.28. The Morgan fingerprint density at radius 1 is 1.48 bits per heavy atom. The van der Waals surface area contributed by atoms with Gasteiger partial charge in [0.25, 0.3) is 0 Å². The second-order valence-electron chi connectivity index (χ2n) is 5.97. The number of aryl methyl sites for hydroxylation is 1. The molecule has 1 heterocycles. The number of alkyl halides is 1. The molecule has 1 aliphatic rings. The fourth-order valence-electron chi connectivity index (χ4n) is 2.76. The van der Waals surface area contributed by atoms with Crippen molar-refractivity contribution in [2.75, 3.05) is 7.11 Å². The molecular formula is C16H18FN3O3. The van der Waals surface area contributed by atoms with Crippen LogP contribution in [-0.4, -0.2) is 34.2 Å². The van der Waals surface area contributed by atoms with Crippen LogP contribution in [0, 0.1) is 12.8 Å². The summed E-state index contributed by atoms with van der Waals surface area (Å²) >= 11 is 0. The summed E-state index contributed by atoms with van der Waals surface area (Å²) in [7, 11) is 1.44. The number of aliphatic hydroxyl groups is 1. The highest BCUT2D eigenvalue weighted by molar-refractivity contribution is 5.99. The van der Waals surface area contributed by atoms with Crippen LogP contribution in [0.3, 0.4) is 0 Å². The van der Waals surface area contributed by atoms with E-state index in [-0.39, 0.29) is 17.9 Å². The Kier molecular flexibility index (Phi) is 3.68. The first-order valence-electron chi connectivity index (χ1n) is 7.38. The molecule has 0 unspecified atom stereocenters. The Morgan fingerprint density at radius 2 is 2.17 bits per heavy atom. The monoisotopic (exact) mass is 319 g/mol. The third-order valence-corrected chi connectivity index (χ3v) is 4.27. The Labute approximate surface area is 132 Å². The molecule has 1 aromatic carbocycles. The summed E-state index contributed by atoms with van der Waals surface area (Å²) < 4.78 is 19.7. The van der Waals surface area contributed by atoms with E-state index in [9.17, 15) is 14.3 Å². The van der Waals surface area contributed by atoms with Crippen LogP contribution in [0.25, 0.3) is 10.9 Å². The molecule has 1 amide bonds. The Hall–Kier alpha value is -2.28. The standard InChI is InChI=1S/C16H18FN3O3/c1-8-12(7-16(17,22)10-3-4-10)11-5-9(15(18)21)6-13(23-2)14(11)20-19-8/h5-6,10,22H,3-4,7H2,1-2H3,(H2,18,21)/t16-/m1/s1. The number of ether oxygens (including phenoxy) is 1. The van der Waals surface area contributed by atoms with E-state index >= 15 is 0 Å². The van der Waals surface area contributed by atoms with Gasteiger partial charge in [-0.2, -0.15) is 5.10 Å². The van der Waals surface area contributed by atoms with Gasteiger partial charge in [0, 0.05) is 23.3 Å². The van der Waals surface area contributed by atoms with Crippen molar-refractivity contribution >= 4 is 16.8 Å². The van der Waals surface area contributed by atoms with Crippen molar-refractivity contribution in [3.8, 4) is 5.75 Å². The predicted molar refractivity (Wildman–Crippen MR) is 81.8 cm³/mol. The van der Waals surface area contributed by atoms with Crippen molar-refractivity contribution in [3.05, 3.63) is 29.0 Å². The van der Waals surface area contributed by atoms with Crippen molar-refractivity contribution in [2.24, 2.45) is 11.7 Å². The Morgan fingerprint density at radius 3 is 2.74 bits per heavy atom. The molecule has 0 spiro atoms. The summed E-state index contributed by atoms with van der Waals surface area (Å²) in [6.45, 7) is 1.69. The van der Waals surface area contributed by atoms with E-state index in [0.29, 0.717) is 40.8 Å². The fraction of sp³-hybridized carbons (Fsp3) is 0.438. The van der Waals surface area contributed by atoms with E-state index in [0.717, 1.165) is 0 Å². The number of halogens is 1. The number of fused-ring (bicyclic) bond motifs is 1. The summed E-state index contributed by atoms with van der Waals surface area (Å²) in [5, 5.41) is 18.7. The number of nitrogens with two attached hydrogens (primary N) is 1. The highest BCUT2D eigenvalue weighted by atomic mass is 19.2. The molecule has 1 aliphatic carbocycles. The SMILES string of the molecule is COc1cc(C(N)=O)cc2c(C[C@](O)(F)C3CC3)c(C)nnc12. The van der Waals surface area contributed by atoms with Gasteiger partial charge in [0.15, 0.2) is 0 Å². The zero-order valence-electron chi connectivity index (χ0n) is 13.0. The average molecular weight is 319 g/mol. The van der Waals surface area contributed by atoms with E-state index in [2.05, 4.69) is 10.2 Å². The van der Waals surface area contributed by atoms with Crippen LogP contribution in [0.15, 0.2) is 12.1 Å². The summed E-state index contributed by atoms with van der Waals surface area (Å²) in [6.07, 6.45) is 1.12. The molecule has 3 rings (SSSR count). The van der Waals surface area contributed by atoms with Gasteiger partial charge in [-0.15, -0.1) is 5.10 Å². The summed E-state index contributed by atoms with van der Waals surface area (Å²) in [6, 6.07) is 3.02. The van der Waals surface area contributed by atoms with Crippen molar-refractivity contribution in [1.29, 1.82) is 0 Å². The van der Waals surface area contributed by atoms with Crippen LogP contribution in [0.1, 0.15) is 34.5 Å². The summed E-state index contributed by atoms with van der Waals surface area (Å²) in [5.41, 5.74) is 6.99. The van der Waals surface area contributed by atoms with Gasteiger partial charge in [-0.25, -0.2) is 4.39 Å². The normalized spacial score (nSPS) is 17.0. The van der Waals surface area contributed by atoms with Crippen LogP contribution >= 0.6 is 0 Å². The number of aromatic nitrogens is 2. The second kappa shape index (κ2) is 5.42. The summed E-state index contributed by atoms with van der Waals surface area (Å²) in [5.74, 6) is -2.94. The first-order chi connectivity index (χ1) is 10.8. The zero-order valence-corrected chi connectivity index (χ0v) is 13.0. The third-order valence-electron chi connectivity index (χ3n) is 4.27. The number of nitrogens with zero attached hydrogens (tertiary/aromatic N) is 2. The lowest BCUT2D eigenvalue weighted by Gasteiger charge is -2.20. The minimum atomic E-state index is -2.29. The molecule has 1 aromatic heterocycles. The van der Waals surface area contributed by atoms with Crippen molar-refractivity contribution in [1.82, 2.24) is 10.2 Å². The molecule has 0 saturated heterocycles. The zero-order chi connectivity index (χ0) is 16.8. The average Bonchev–Trinajstić information content (AvgIpc) is 3.34. The highest BCUT2D eigenvalue weighted by Gasteiger charge is 2.45. The van der Waals surface area contributed by atoms with E-state index < -0.39 is 11.8 Å². The number of methoxy groups -OCH3 is 1. The number of carbonyl (C=O) groups excluding carboxylic acids is 1. The number of amides is 1. The number of carbonyl (C=O) groups is 1. The van der Waals surface area contributed by atoms with Crippen molar-refractivity contribution < 1.29 is 19.0 Å². The molecule has 0 bridgehead atoms. The minimum absolute atomic E-state index is 0.207. The maximum Gasteiger partial charge on any atom is 0.248 e. The van der Waals surface area contributed by atoms with Gasteiger partial charge in [-0.1, -0.05) is 0 Å². The molecule has 6 nitrogen and oxygen atoms in total. The first-order valence-corrected chi connectivity index (χ1v) is 7.38. The topological polar surface area (TPSA) is 98.3 Å². The molecule has 0 radical (unpaired) electrons. The Balaban J connectivity index is 2.20. The largest absolute Gasteiger partial charge is 0.494 e. The van der Waals surface area contributed by atoms with E-state index in [1.54, 1.807) is 13.0 Å². The molecule has 7 heteroatoms. The van der Waals surface area contributed by atoms with Gasteiger partial charge >= 0.3 is 0 Å². The van der Waals surface area contributed by atoms with Crippen LogP contribution in [0.2, 0.25) is 0 Å². The highest BCUT2D eigenvalue weighted by Crippen LogP contribution is 2.43. The van der Waals surface area contributed by atoms with Crippen LogP contribution in [-0.2, 0) is 6.42 Å². The molecule has 23 heavy (non-hydrogen) atoms. The second-order valence-corrected chi connectivity index (χ2v) is 5.97. The van der Waals surface area contributed by atoms with Crippen molar-refractivity contribution in [3.63, 3.8) is 0 Å². The molecular weight excluding hydrogens is 301 g/mol. The Bertz CT molecular complexity index is 788. The van der Waals surface area contributed by atoms with Gasteiger partial charge in [0.1, 0.15) is 11.3 Å².